The summed E-state index contributed by atoms with van der Waals surface area (Å²) in [5, 5.41) is 0. The third-order valence-corrected chi connectivity index (χ3v) is 4.87. The van der Waals surface area contributed by atoms with Crippen LogP contribution in [0.2, 0.25) is 0 Å². The molecule has 0 spiro atoms. The molecule has 0 aromatic heterocycles. The first-order valence-corrected chi connectivity index (χ1v) is 8.89. The maximum absolute atomic E-state index is 12.5. The van der Waals surface area contributed by atoms with E-state index in [-0.39, 0.29) is 18.2 Å². The molecular weight excluding hydrogens is 316 g/mol. The Morgan fingerprint density at radius 2 is 1.88 bits per heavy atom. The van der Waals surface area contributed by atoms with Crippen LogP contribution in [-0.2, 0) is 25.6 Å². The Morgan fingerprint density at radius 3 is 2.52 bits per heavy atom. The molecule has 1 aromatic rings. The van der Waals surface area contributed by atoms with Gasteiger partial charge >= 0.3 is 5.97 Å². The van der Waals surface area contributed by atoms with Crippen molar-refractivity contribution in [2.45, 2.75) is 71.1 Å². The first-order chi connectivity index (χ1) is 11.6. The zero-order chi connectivity index (χ0) is 18.3. The fourth-order valence-corrected chi connectivity index (χ4v) is 3.50. The third kappa shape index (κ3) is 3.80. The van der Waals surface area contributed by atoms with Gasteiger partial charge in [0.05, 0.1) is 17.6 Å². The third-order valence-electron chi connectivity index (χ3n) is 4.87. The molecule has 0 N–H and O–H groups in total. The van der Waals surface area contributed by atoms with E-state index in [4.69, 9.17) is 14.2 Å². The summed E-state index contributed by atoms with van der Waals surface area (Å²) in [4.78, 5) is 12.5. The van der Waals surface area contributed by atoms with Crippen LogP contribution in [0.4, 0.5) is 0 Å². The smallest absolute Gasteiger partial charge is 0.311 e. The molecule has 4 heteroatoms. The summed E-state index contributed by atoms with van der Waals surface area (Å²) in [5.41, 5.74) is -0.465. The van der Waals surface area contributed by atoms with Crippen LogP contribution in [0.3, 0.4) is 0 Å². The Balaban J connectivity index is 1.79. The minimum atomic E-state index is -0.593. The molecule has 136 valence electrons. The summed E-state index contributed by atoms with van der Waals surface area (Å²) in [6.07, 6.45) is 4.03. The Labute approximate surface area is 150 Å². The topological polar surface area (TPSA) is 44.8 Å². The average molecular weight is 344 g/mol. The number of carbonyl (C=O) groups excluding carboxylic acids is 1. The molecule has 25 heavy (non-hydrogen) atoms. The van der Waals surface area contributed by atoms with Gasteiger partial charge in [0.2, 0.25) is 0 Å². The highest BCUT2D eigenvalue weighted by atomic mass is 16.6. The van der Waals surface area contributed by atoms with Crippen LogP contribution >= 0.6 is 0 Å². The number of fused-ring (bicyclic) bond motifs is 2. The van der Waals surface area contributed by atoms with Gasteiger partial charge in [-0.3, -0.25) is 4.79 Å². The van der Waals surface area contributed by atoms with Gasteiger partial charge in [0.1, 0.15) is 17.8 Å². The van der Waals surface area contributed by atoms with Crippen LogP contribution in [0.1, 0.15) is 46.6 Å². The minimum Gasteiger partial charge on any atom is -0.459 e. The largest absolute Gasteiger partial charge is 0.459 e. The molecule has 3 rings (SSSR count). The SMILES string of the molecule is CC(C)(C)C(=O)O[C@H]1C[C@@]2(C)C=C[C@](C)(O2)[C@H]1OCc1ccccc1. The summed E-state index contributed by atoms with van der Waals surface area (Å²) in [7, 11) is 0. The molecule has 0 unspecified atom stereocenters. The first-order valence-electron chi connectivity index (χ1n) is 8.89. The van der Waals surface area contributed by atoms with Crippen LogP contribution < -0.4 is 0 Å². The molecule has 2 aliphatic rings. The Kier molecular flexibility index (Phi) is 4.54. The molecule has 0 saturated carbocycles. The van der Waals surface area contributed by atoms with E-state index in [9.17, 15) is 4.79 Å². The molecule has 0 amide bonds. The van der Waals surface area contributed by atoms with Gasteiger partial charge in [-0.1, -0.05) is 42.5 Å². The summed E-state index contributed by atoms with van der Waals surface area (Å²) < 4.78 is 18.3. The van der Waals surface area contributed by atoms with Gasteiger partial charge in [-0.15, -0.1) is 0 Å². The summed E-state index contributed by atoms with van der Waals surface area (Å²) in [6.45, 7) is 10.1. The summed E-state index contributed by atoms with van der Waals surface area (Å²) >= 11 is 0. The number of hydrogen-bond donors (Lipinski definition) is 0. The van der Waals surface area contributed by atoms with Crippen LogP contribution in [0.5, 0.6) is 0 Å². The molecular formula is C21H28O4. The van der Waals surface area contributed by atoms with E-state index >= 15 is 0 Å². The van der Waals surface area contributed by atoms with Gasteiger partial charge in [0.15, 0.2) is 0 Å². The second-order valence-corrected chi connectivity index (χ2v) is 8.55. The molecule has 2 heterocycles. The van der Waals surface area contributed by atoms with Crippen LogP contribution in [0.25, 0.3) is 0 Å². The first kappa shape index (κ1) is 18.2. The monoisotopic (exact) mass is 344 g/mol. The molecule has 0 radical (unpaired) electrons. The highest BCUT2D eigenvalue weighted by molar-refractivity contribution is 5.75. The van der Waals surface area contributed by atoms with Crippen molar-refractivity contribution in [1.29, 1.82) is 0 Å². The number of benzene rings is 1. The highest BCUT2D eigenvalue weighted by Gasteiger charge is 2.55. The second-order valence-electron chi connectivity index (χ2n) is 8.55. The average Bonchev–Trinajstić information content (AvgIpc) is 2.78. The van der Waals surface area contributed by atoms with E-state index in [1.165, 1.54) is 0 Å². The Bertz CT molecular complexity index is 660. The van der Waals surface area contributed by atoms with Gasteiger partial charge < -0.3 is 14.2 Å². The summed E-state index contributed by atoms with van der Waals surface area (Å²) in [6, 6.07) is 10.0. The van der Waals surface area contributed by atoms with Crippen molar-refractivity contribution in [1.82, 2.24) is 0 Å². The predicted octanol–water partition coefficient (Wildman–Crippen LogP) is 4.04. The second kappa shape index (κ2) is 6.26. The van der Waals surface area contributed by atoms with E-state index in [0.717, 1.165) is 5.56 Å². The predicted molar refractivity (Wildman–Crippen MR) is 96.0 cm³/mol. The van der Waals surface area contributed by atoms with Gasteiger partial charge in [-0.25, -0.2) is 0 Å². The molecule has 2 aliphatic heterocycles. The molecule has 0 aliphatic carbocycles. The number of ether oxygens (including phenoxy) is 3. The Hall–Kier alpha value is -1.65. The fraction of sp³-hybridized carbons (Fsp3) is 0.571. The summed E-state index contributed by atoms with van der Waals surface area (Å²) in [5.74, 6) is -0.209. The molecule has 4 nitrogen and oxygen atoms in total. The van der Waals surface area contributed by atoms with Crippen molar-refractivity contribution >= 4 is 5.97 Å². The van der Waals surface area contributed by atoms with Crippen molar-refractivity contribution in [3.63, 3.8) is 0 Å². The van der Waals surface area contributed by atoms with Gasteiger partial charge in [0, 0.05) is 6.42 Å². The molecule has 4 atom stereocenters. The van der Waals surface area contributed by atoms with Crippen molar-refractivity contribution in [2.75, 3.05) is 0 Å². The van der Waals surface area contributed by atoms with Crippen LogP contribution in [0, 0.1) is 5.41 Å². The normalized spacial score (nSPS) is 34.1. The maximum Gasteiger partial charge on any atom is 0.311 e. The lowest BCUT2D eigenvalue weighted by Gasteiger charge is -2.46. The van der Waals surface area contributed by atoms with E-state index < -0.39 is 16.6 Å². The van der Waals surface area contributed by atoms with E-state index in [0.29, 0.717) is 13.0 Å². The number of rotatable bonds is 4. The highest BCUT2D eigenvalue weighted by Crippen LogP contribution is 2.45. The molecule has 1 fully saturated rings. The Morgan fingerprint density at radius 1 is 1.20 bits per heavy atom. The van der Waals surface area contributed by atoms with Gasteiger partial charge in [-0.2, -0.15) is 0 Å². The zero-order valence-electron chi connectivity index (χ0n) is 15.7. The number of esters is 1. The quantitative estimate of drug-likeness (QED) is 0.611. The fourth-order valence-electron chi connectivity index (χ4n) is 3.50. The number of carbonyl (C=O) groups is 1. The molecule has 1 aromatic carbocycles. The lowest BCUT2D eigenvalue weighted by atomic mass is 9.87. The van der Waals surface area contributed by atoms with Crippen LogP contribution in [0.15, 0.2) is 42.5 Å². The van der Waals surface area contributed by atoms with Crippen molar-refractivity contribution in [3.8, 4) is 0 Å². The maximum atomic E-state index is 12.5. The van der Waals surface area contributed by atoms with E-state index in [1.54, 1.807) is 0 Å². The lowest BCUT2D eigenvalue weighted by molar-refractivity contribution is -0.237. The van der Waals surface area contributed by atoms with Gasteiger partial charge in [0.25, 0.3) is 0 Å². The molecule has 2 bridgehead atoms. The zero-order valence-corrected chi connectivity index (χ0v) is 15.7. The minimum absolute atomic E-state index is 0.209. The molecule has 1 saturated heterocycles. The lowest BCUT2D eigenvalue weighted by Crippen LogP contribution is -2.58. The van der Waals surface area contributed by atoms with Crippen molar-refractivity contribution in [3.05, 3.63) is 48.0 Å². The van der Waals surface area contributed by atoms with Crippen molar-refractivity contribution in [2.24, 2.45) is 5.41 Å². The number of hydrogen-bond acceptors (Lipinski definition) is 4. The van der Waals surface area contributed by atoms with E-state index in [2.05, 4.69) is 6.08 Å². The van der Waals surface area contributed by atoms with Crippen LogP contribution in [-0.4, -0.2) is 29.4 Å². The van der Waals surface area contributed by atoms with Gasteiger partial charge in [-0.05, 0) is 40.2 Å². The van der Waals surface area contributed by atoms with Crippen molar-refractivity contribution < 1.29 is 19.0 Å². The standard InChI is InChI=1S/C21H28O4/c1-19(2,3)18(22)24-16-13-20(4)11-12-21(5,25-20)17(16)23-14-15-9-7-6-8-10-15/h6-12,16-17H,13-14H2,1-5H3/t16-,17-,20+,21-/m0/s1. The van der Waals surface area contributed by atoms with E-state index in [1.807, 2.05) is 71.0 Å².